The third-order valence-corrected chi connectivity index (χ3v) is 5.12. The molecule has 3 rings (SSSR count). The summed E-state index contributed by atoms with van der Waals surface area (Å²) in [6.07, 6.45) is -0.812. The number of hydrogen-bond acceptors (Lipinski definition) is 8. The van der Waals surface area contributed by atoms with Crippen molar-refractivity contribution in [1.82, 2.24) is 0 Å². The zero-order chi connectivity index (χ0) is 25.1. The van der Waals surface area contributed by atoms with Crippen molar-refractivity contribution in [3.05, 3.63) is 108 Å². The first-order valence-corrected chi connectivity index (χ1v) is 10.9. The van der Waals surface area contributed by atoms with Gasteiger partial charge < -0.3 is 24.4 Å². The summed E-state index contributed by atoms with van der Waals surface area (Å²) >= 11 is 0. The Bertz CT molecular complexity index is 1100. The molecule has 8 heteroatoms. The molecule has 0 heterocycles. The number of benzene rings is 3. The first-order valence-electron chi connectivity index (χ1n) is 10.9. The Morgan fingerprint density at radius 2 is 1.03 bits per heavy atom. The summed E-state index contributed by atoms with van der Waals surface area (Å²) in [7, 11) is 0. The van der Waals surface area contributed by atoms with Gasteiger partial charge in [0.25, 0.3) is 5.79 Å². The first kappa shape index (κ1) is 25.6. The van der Waals surface area contributed by atoms with Crippen molar-refractivity contribution >= 4 is 17.9 Å². The molecule has 0 amide bonds. The van der Waals surface area contributed by atoms with E-state index in [-0.39, 0.29) is 19.8 Å². The van der Waals surface area contributed by atoms with Crippen molar-refractivity contribution < 1.29 is 38.8 Å². The van der Waals surface area contributed by atoms with Crippen LogP contribution in [0.2, 0.25) is 0 Å². The molecule has 0 aliphatic rings. The van der Waals surface area contributed by atoms with Gasteiger partial charge in [-0.2, -0.15) is 0 Å². The van der Waals surface area contributed by atoms with Crippen LogP contribution in [0.5, 0.6) is 0 Å². The van der Waals surface area contributed by atoms with Gasteiger partial charge in [-0.1, -0.05) is 91.0 Å². The Balaban J connectivity index is 1.69. The second kappa shape index (κ2) is 12.5. The Morgan fingerprint density at radius 1 is 0.629 bits per heavy atom. The zero-order valence-electron chi connectivity index (χ0n) is 18.9. The number of esters is 3. The predicted molar refractivity (Wildman–Crippen MR) is 124 cm³/mol. The molecule has 0 aliphatic carbocycles. The molecular weight excluding hydrogens is 452 g/mol. The van der Waals surface area contributed by atoms with Crippen molar-refractivity contribution in [2.45, 2.75) is 32.0 Å². The average molecular weight is 478 g/mol. The van der Waals surface area contributed by atoms with E-state index in [9.17, 15) is 24.6 Å². The van der Waals surface area contributed by atoms with Gasteiger partial charge in [0.15, 0.2) is 0 Å². The van der Waals surface area contributed by atoms with Gasteiger partial charge in [0.1, 0.15) is 25.7 Å². The normalized spacial score (nSPS) is 11.8. The summed E-state index contributed by atoms with van der Waals surface area (Å²) in [5.41, 5.74) is 1.94. The summed E-state index contributed by atoms with van der Waals surface area (Å²) < 4.78 is 15.3. The summed E-state index contributed by atoms with van der Waals surface area (Å²) in [5.74, 6) is -8.86. The molecule has 182 valence electrons. The van der Waals surface area contributed by atoms with Gasteiger partial charge in [0, 0.05) is 0 Å². The predicted octanol–water partition coefficient (Wildman–Crippen LogP) is 2.90. The molecule has 0 saturated heterocycles. The Kier molecular flexibility index (Phi) is 9.11. The maximum Gasteiger partial charge on any atom is 0.367 e. The highest BCUT2D eigenvalue weighted by Crippen LogP contribution is 2.24. The number of rotatable bonds is 11. The molecule has 3 aromatic carbocycles. The molecule has 0 spiro atoms. The van der Waals surface area contributed by atoms with Crippen LogP contribution in [-0.2, 0) is 48.4 Å². The SMILES string of the molecule is O=C(CC(C(=O)OCc1ccccc1)C(O)(O)C(=O)OCc1ccccc1)OCc1ccccc1. The van der Waals surface area contributed by atoms with Crippen LogP contribution in [0.1, 0.15) is 23.1 Å². The maximum atomic E-state index is 12.8. The van der Waals surface area contributed by atoms with E-state index in [2.05, 4.69) is 0 Å². The molecule has 0 aliphatic heterocycles. The van der Waals surface area contributed by atoms with Crippen LogP contribution in [0.3, 0.4) is 0 Å². The largest absolute Gasteiger partial charge is 0.461 e. The minimum absolute atomic E-state index is 0.0895. The van der Waals surface area contributed by atoms with Crippen molar-refractivity contribution in [2.75, 3.05) is 0 Å². The van der Waals surface area contributed by atoms with E-state index in [1.165, 1.54) is 0 Å². The fourth-order valence-corrected chi connectivity index (χ4v) is 3.15. The molecule has 0 saturated carbocycles. The second-order valence-electron chi connectivity index (χ2n) is 7.78. The number of carbonyl (C=O) groups is 3. The van der Waals surface area contributed by atoms with Crippen molar-refractivity contribution in [3.63, 3.8) is 0 Å². The van der Waals surface area contributed by atoms with Crippen molar-refractivity contribution in [2.24, 2.45) is 5.92 Å². The van der Waals surface area contributed by atoms with Crippen LogP contribution in [-0.4, -0.2) is 33.9 Å². The maximum absolute atomic E-state index is 12.8. The lowest BCUT2D eigenvalue weighted by molar-refractivity contribution is -0.235. The van der Waals surface area contributed by atoms with E-state index in [0.29, 0.717) is 16.7 Å². The summed E-state index contributed by atoms with van der Waals surface area (Å²) in [5, 5.41) is 21.2. The van der Waals surface area contributed by atoms with E-state index >= 15 is 0 Å². The highest BCUT2D eigenvalue weighted by molar-refractivity contribution is 5.89. The van der Waals surface area contributed by atoms with E-state index in [0.717, 1.165) is 0 Å². The minimum Gasteiger partial charge on any atom is -0.461 e. The average Bonchev–Trinajstić information content (AvgIpc) is 2.89. The first-order chi connectivity index (χ1) is 16.9. The molecule has 1 unspecified atom stereocenters. The zero-order valence-corrected chi connectivity index (χ0v) is 18.9. The van der Waals surface area contributed by atoms with Gasteiger partial charge in [-0.3, -0.25) is 9.59 Å². The molecule has 8 nitrogen and oxygen atoms in total. The number of carbonyl (C=O) groups excluding carboxylic acids is 3. The van der Waals surface area contributed by atoms with Crippen LogP contribution in [0.4, 0.5) is 0 Å². The monoisotopic (exact) mass is 478 g/mol. The molecule has 0 aromatic heterocycles. The molecule has 35 heavy (non-hydrogen) atoms. The van der Waals surface area contributed by atoms with Crippen molar-refractivity contribution in [1.29, 1.82) is 0 Å². The van der Waals surface area contributed by atoms with E-state index in [4.69, 9.17) is 14.2 Å². The lowest BCUT2D eigenvalue weighted by Gasteiger charge is -2.27. The molecule has 0 bridgehead atoms. The lowest BCUT2D eigenvalue weighted by atomic mass is 9.94. The van der Waals surface area contributed by atoms with Crippen LogP contribution in [0, 0.1) is 5.92 Å². The van der Waals surface area contributed by atoms with Gasteiger partial charge in [0.05, 0.1) is 6.42 Å². The third kappa shape index (κ3) is 7.77. The van der Waals surface area contributed by atoms with Gasteiger partial charge in [-0.15, -0.1) is 0 Å². The number of ether oxygens (including phenoxy) is 3. The molecule has 0 fully saturated rings. The highest BCUT2D eigenvalue weighted by atomic mass is 16.6. The molecule has 2 N–H and O–H groups in total. The minimum atomic E-state index is -3.33. The van der Waals surface area contributed by atoms with Crippen molar-refractivity contribution in [3.8, 4) is 0 Å². The van der Waals surface area contributed by atoms with E-state index in [1.807, 2.05) is 0 Å². The van der Waals surface area contributed by atoms with E-state index in [1.54, 1.807) is 91.0 Å². The molecular formula is C27H26O8. The molecule has 0 radical (unpaired) electrons. The van der Waals surface area contributed by atoms with Gasteiger partial charge in [-0.05, 0) is 16.7 Å². The topological polar surface area (TPSA) is 119 Å². The number of aliphatic hydroxyl groups is 2. The summed E-state index contributed by atoms with van der Waals surface area (Å²) in [6, 6.07) is 26.1. The lowest BCUT2D eigenvalue weighted by Crippen LogP contribution is -2.51. The van der Waals surface area contributed by atoms with Crippen LogP contribution in [0.15, 0.2) is 91.0 Å². The second-order valence-corrected chi connectivity index (χ2v) is 7.78. The van der Waals surface area contributed by atoms with Gasteiger partial charge >= 0.3 is 17.9 Å². The Morgan fingerprint density at radius 3 is 1.49 bits per heavy atom. The number of hydrogen-bond donors (Lipinski definition) is 2. The fraction of sp³-hybridized carbons (Fsp3) is 0.222. The van der Waals surface area contributed by atoms with Crippen LogP contribution < -0.4 is 0 Å². The standard InChI is InChI=1S/C27H26O8/c28-24(33-17-20-10-4-1-5-11-20)16-23(25(29)34-18-21-12-6-2-7-13-21)27(31,32)26(30)35-19-22-14-8-3-9-15-22/h1-15,23,31-32H,16-19H2. The van der Waals surface area contributed by atoms with Crippen LogP contribution >= 0.6 is 0 Å². The smallest absolute Gasteiger partial charge is 0.367 e. The third-order valence-electron chi connectivity index (χ3n) is 5.12. The molecule has 1 atom stereocenters. The van der Waals surface area contributed by atoms with Crippen LogP contribution in [0.25, 0.3) is 0 Å². The highest BCUT2D eigenvalue weighted by Gasteiger charge is 2.50. The van der Waals surface area contributed by atoms with E-state index < -0.39 is 36.0 Å². The fourth-order valence-electron chi connectivity index (χ4n) is 3.15. The quantitative estimate of drug-likeness (QED) is 0.245. The summed E-state index contributed by atoms with van der Waals surface area (Å²) in [4.78, 5) is 37.8. The Labute approximate surface area is 202 Å². The molecule has 3 aromatic rings. The van der Waals surface area contributed by atoms with Gasteiger partial charge in [0.2, 0.25) is 0 Å². The van der Waals surface area contributed by atoms with Gasteiger partial charge in [-0.25, -0.2) is 4.79 Å². The summed E-state index contributed by atoms with van der Waals surface area (Å²) in [6.45, 7) is -0.537. The Hall–Kier alpha value is -4.01.